The summed E-state index contributed by atoms with van der Waals surface area (Å²) in [4.78, 5) is 26.5. The number of H-pyrrole nitrogens is 1. The first-order chi connectivity index (χ1) is 11.6. The Balaban J connectivity index is 1.82. The van der Waals surface area contributed by atoms with Gasteiger partial charge in [-0.25, -0.2) is 0 Å². The van der Waals surface area contributed by atoms with Gasteiger partial charge in [-0.2, -0.15) is 5.10 Å². The van der Waals surface area contributed by atoms with Crippen LogP contribution >= 0.6 is 11.6 Å². The minimum absolute atomic E-state index is 0.0161. The number of aromatic nitrogens is 2. The van der Waals surface area contributed by atoms with E-state index in [1.165, 1.54) is 6.20 Å². The Morgan fingerprint density at radius 2 is 2.08 bits per heavy atom. The molecule has 2 aromatic rings. The standard InChI is InChI=1S/C17H19ClN4O2/c1-19-16(23)12-3-2-8-22(10-12)17(24)14-9-20-21-15(14)11-4-6-13(18)7-5-11/h4-7,9,12H,2-3,8,10H2,1H3,(H,19,23)(H,20,21). The molecule has 0 aliphatic carbocycles. The predicted molar refractivity (Wildman–Crippen MR) is 91.7 cm³/mol. The van der Waals surface area contributed by atoms with E-state index in [-0.39, 0.29) is 17.7 Å². The molecule has 1 aromatic heterocycles. The summed E-state index contributed by atoms with van der Waals surface area (Å²) in [7, 11) is 1.62. The van der Waals surface area contributed by atoms with Gasteiger partial charge in [0.1, 0.15) is 0 Å². The maximum atomic E-state index is 12.9. The Labute approximate surface area is 145 Å². The molecule has 1 aliphatic rings. The Kier molecular flexibility index (Phi) is 4.85. The molecule has 1 atom stereocenters. The lowest BCUT2D eigenvalue weighted by molar-refractivity contribution is -0.125. The number of aromatic amines is 1. The average Bonchev–Trinajstić information content (AvgIpc) is 3.10. The molecule has 1 fully saturated rings. The first-order valence-electron chi connectivity index (χ1n) is 7.90. The average molecular weight is 347 g/mol. The second-order valence-corrected chi connectivity index (χ2v) is 6.31. The van der Waals surface area contributed by atoms with Crippen LogP contribution in [0.4, 0.5) is 0 Å². The summed E-state index contributed by atoms with van der Waals surface area (Å²) in [6.07, 6.45) is 3.16. The van der Waals surface area contributed by atoms with Crippen molar-refractivity contribution in [3.05, 3.63) is 41.0 Å². The molecule has 2 heterocycles. The second-order valence-electron chi connectivity index (χ2n) is 5.87. The van der Waals surface area contributed by atoms with Crippen molar-refractivity contribution in [2.45, 2.75) is 12.8 Å². The van der Waals surface area contributed by atoms with Crippen molar-refractivity contribution in [1.29, 1.82) is 0 Å². The zero-order chi connectivity index (χ0) is 17.1. The molecule has 1 aromatic carbocycles. The fraction of sp³-hybridized carbons (Fsp3) is 0.353. The van der Waals surface area contributed by atoms with Crippen LogP contribution in [0.15, 0.2) is 30.5 Å². The number of halogens is 1. The number of amides is 2. The molecule has 0 saturated carbocycles. The van der Waals surface area contributed by atoms with Gasteiger partial charge in [-0.3, -0.25) is 14.7 Å². The van der Waals surface area contributed by atoms with Crippen molar-refractivity contribution in [3.8, 4) is 11.3 Å². The molecule has 126 valence electrons. The molecular formula is C17H19ClN4O2. The molecule has 0 radical (unpaired) electrons. The van der Waals surface area contributed by atoms with E-state index in [0.717, 1.165) is 18.4 Å². The van der Waals surface area contributed by atoms with E-state index in [0.29, 0.717) is 29.4 Å². The van der Waals surface area contributed by atoms with Gasteiger partial charge in [0.25, 0.3) is 5.91 Å². The number of rotatable bonds is 3. The molecule has 24 heavy (non-hydrogen) atoms. The van der Waals surface area contributed by atoms with Gasteiger partial charge in [0.2, 0.25) is 5.91 Å². The Bertz CT molecular complexity index is 741. The van der Waals surface area contributed by atoms with Gasteiger partial charge in [0.15, 0.2) is 0 Å². The van der Waals surface area contributed by atoms with Crippen LogP contribution in [0, 0.1) is 5.92 Å². The van der Waals surface area contributed by atoms with Crippen molar-refractivity contribution < 1.29 is 9.59 Å². The quantitative estimate of drug-likeness (QED) is 0.895. The topological polar surface area (TPSA) is 78.1 Å². The smallest absolute Gasteiger partial charge is 0.257 e. The number of hydrogen-bond donors (Lipinski definition) is 2. The van der Waals surface area contributed by atoms with Crippen molar-refractivity contribution in [2.75, 3.05) is 20.1 Å². The van der Waals surface area contributed by atoms with Gasteiger partial charge in [-0.15, -0.1) is 0 Å². The minimum Gasteiger partial charge on any atom is -0.359 e. The van der Waals surface area contributed by atoms with Crippen LogP contribution in [0.5, 0.6) is 0 Å². The van der Waals surface area contributed by atoms with E-state index in [1.807, 2.05) is 12.1 Å². The van der Waals surface area contributed by atoms with Gasteiger partial charge < -0.3 is 10.2 Å². The summed E-state index contributed by atoms with van der Waals surface area (Å²) in [6, 6.07) is 7.23. The third-order valence-electron chi connectivity index (χ3n) is 4.33. The Morgan fingerprint density at radius 3 is 2.79 bits per heavy atom. The van der Waals surface area contributed by atoms with Crippen molar-refractivity contribution in [1.82, 2.24) is 20.4 Å². The molecule has 6 nitrogen and oxygen atoms in total. The first kappa shape index (κ1) is 16.5. The lowest BCUT2D eigenvalue weighted by Crippen LogP contribution is -2.44. The molecule has 0 bridgehead atoms. The minimum atomic E-state index is -0.154. The maximum Gasteiger partial charge on any atom is 0.257 e. The molecule has 3 rings (SSSR count). The summed E-state index contributed by atoms with van der Waals surface area (Å²) in [5.41, 5.74) is 2.02. The Morgan fingerprint density at radius 1 is 1.33 bits per heavy atom. The van der Waals surface area contributed by atoms with E-state index in [1.54, 1.807) is 24.1 Å². The molecule has 2 amide bonds. The largest absolute Gasteiger partial charge is 0.359 e. The normalized spacial score (nSPS) is 17.6. The van der Waals surface area contributed by atoms with Crippen LogP contribution in [0.1, 0.15) is 23.2 Å². The highest BCUT2D eigenvalue weighted by Crippen LogP contribution is 2.26. The zero-order valence-corrected chi connectivity index (χ0v) is 14.1. The molecular weight excluding hydrogens is 328 g/mol. The molecule has 7 heteroatoms. The zero-order valence-electron chi connectivity index (χ0n) is 13.4. The summed E-state index contributed by atoms with van der Waals surface area (Å²) in [6.45, 7) is 1.08. The SMILES string of the molecule is CNC(=O)C1CCCN(C(=O)c2cn[nH]c2-c2ccc(Cl)cc2)C1. The number of nitrogens with one attached hydrogen (secondary N) is 2. The number of nitrogens with zero attached hydrogens (tertiary/aromatic N) is 2. The van der Waals surface area contributed by atoms with Crippen molar-refractivity contribution in [2.24, 2.45) is 5.92 Å². The van der Waals surface area contributed by atoms with Crippen LogP contribution in [-0.4, -0.2) is 47.0 Å². The third kappa shape index (κ3) is 3.28. The monoisotopic (exact) mass is 346 g/mol. The highest BCUT2D eigenvalue weighted by Gasteiger charge is 2.30. The van der Waals surface area contributed by atoms with Gasteiger partial charge >= 0.3 is 0 Å². The summed E-state index contributed by atoms with van der Waals surface area (Å²) < 4.78 is 0. The van der Waals surface area contributed by atoms with E-state index >= 15 is 0 Å². The van der Waals surface area contributed by atoms with Gasteiger partial charge in [-0.1, -0.05) is 23.7 Å². The van der Waals surface area contributed by atoms with Gasteiger partial charge in [0.05, 0.1) is 23.4 Å². The maximum absolute atomic E-state index is 12.9. The molecule has 0 spiro atoms. The van der Waals surface area contributed by atoms with E-state index in [2.05, 4.69) is 15.5 Å². The van der Waals surface area contributed by atoms with Crippen LogP contribution in [0.25, 0.3) is 11.3 Å². The van der Waals surface area contributed by atoms with Crippen LogP contribution < -0.4 is 5.32 Å². The van der Waals surface area contributed by atoms with E-state index < -0.39 is 0 Å². The lowest BCUT2D eigenvalue weighted by atomic mass is 9.96. The van der Waals surface area contributed by atoms with Crippen molar-refractivity contribution in [3.63, 3.8) is 0 Å². The van der Waals surface area contributed by atoms with E-state index in [9.17, 15) is 9.59 Å². The molecule has 1 saturated heterocycles. The number of benzene rings is 1. The number of likely N-dealkylation sites (tertiary alicyclic amines) is 1. The molecule has 1 aliphatic heterocycles. The van der Waals surface area contributed by atoms with Crippen LogP contribution in [-0.2, 0) is 4.79 Å². The Hall–Kier alpha value is -2.34. The lowest BCUT2D eigenvalue weighted by Gasteiger charge is -2.31. The highest BCUT2D eigenvalue weighted by atomic mass is 35.5. The summed E-state index contributed by atoms with van der Waals surface area (Å²) >= 11 is 5.92. The fourth-order valence-corrected chi connectivity index (χ4v) is 3.16. The fourth-order valence-electron chi connectivity index (χ4n) is 3.03. The first-order valence-corrected chi connectivity index (χ1v) is 8.28. The molecule has 1 unspecified atom stereocenters. The van der Waals surface area contributed by atoms with Gasteiger partial charge in [-0.05, 0) is 25.0 Å². The third-order valence-corrected chi connectivity index (χ3v) is 4.58. The summed E-state index contributed by atoms with van der Waals surface area (Å²) in [5, 5.41) is 10.2. The van der Waals surface area contributed by atoms with Gasteiger partial charge in [0, 0.05) is 30.7 Å². The number of piperidine rings is 1. The number of hydrogen-bond acceptors (Lipinski definition) is 3. The number of carbonyl (C=O) groups is 2. The second kappa shape index (κ2) is 7.05. The van der Waals surface area contributed by atoms with E-state index in [4.69, 9.17) is 11.6 Å². The predicted octanol–water partition coefficient (Wildman–Crippen LogP) is 2.33. The van der Waals surface area contributed by atoms with Crippen molar-refractivity contribution >= 4 is 23.4 Å². The number of carbonyl (C=O) groups excluding carboxylic acids is 2. The summed E-state index contributed by atoms with van der Waals surface area (Å²) in [5.74, 6) is -0.279. The highest BCUT2D eigenvalue weighted by molar-refractivity contribution is 6.30. The van der Waals surface area contributed by atoms with Crippen LogP contribution in [0.3, 0.4) is 0 Å². The van der Waals surface area contributed by atoms with Crippen LogP contribution in [0.2, 0.25) is 5.02 Å². The molecule has 2 N–H and O–H groups in total.